The number of aromatic nitrogens is 2. The number of rotatable bonds is 7. The van der Waals surface area contributed by atoms with Gasteiger partial charge in [0.15, 0.2) is 0 Å². The van der Waals surface area contributed by atoms with Crippen molar-refractivity contribution in [3.8, 4) is 11.3 Å². The molecule has 1 aromatic carbocycles. The van der Waals surface area contributed by atoms with Crippen LogP contribution in [0.5, 0.6) is 0 Å². The number of hydrogen-bond donors (Lipinski definition) is 3. The predicted octanol–water partition coefficient (Wildman–Crippen LogP) is 3.96. The van der Waals surface area contributed by atoms with E-state index in [4.69, 9.17) is 4.74 Å². The van der Waals surface area contributed by atoms with Crippen LogP contribution in [-0.2, 0) is 11.3 Å². The zero-order valence-corrected chi connectivity index (χ0v) is 22.4. The van der Waals surface area contributed by atoms with E-state index in [0.717, 1.165) is 29.1 Å². The molecule has 1 fully saturated rings. The Morgan fingerprint density at radius 2 is 2.18 bits per heavy atom. The van der Waals surface area contributed by atoms with Gasteiger partial charge in [-0.2, -0.15) is 0 Å². The van der Waals surface area contributed by atoms with Crippen molar-refractivity contribution in [2.75, 3.05) is 31.6 Å². The first-order valence-electron chi connectivity index (χ1n) is 12.9. The van der Waals surface area contributed by atoms with Crippen LogP contribution in [0.1, 0.15) is 36.7 Å². The Morgan fingerprint density at radius 3 is 2.95 bits per heavy atom. The zero-order valence-electron chi connectivity index (χ0n) is 22.4. The van der Waals surface area contributed by atoms with Crippen molar-refractivity contribution in [1.29, 1.82) is 0 Å². The molecule has 3 aromatic rings. The van der Waals surface area contributed by atoms with Crippen molar-refractivity contribution >= 4 is 24.0 Å². The number of allylic oxidation sites excluding steroid dienone is 3. The summed E-state index contributed by atoms with van der Waals surface area (Å²) in [6, 6.07) is 6.50. The number of hydrogen-bond acceptors (Lipinski definition) is 7. The van der Waals surface area contributed by atoms with Crippen LogP contribution in [0.25, 0.3) is 16.9 Å². The number of nitrogens with one attached hydrogen (secondary N) is 2. The molecule has 1 atom stereocenters. The summed E-state index contributed by atoms with van der Waals surface area (Å²) in [5.74, 6) is -0.0806. The molecule has 39 heavy (non-hydrogen) atoms. The number of aliphatic imine (C=N–C) groups is 1. The minimum atomic E-state index is -0.847. The number of benzene rings is 1. The Bertz CT molecular complexity index is 1490. The van der Waals surface area contributed by atoms with E-state index in [2.05, 4.69) is 32.2 Å². The molecule has 2 aliphatic heterocycles. The summed E-state index contributed by atoms with van der Waals surface area (Å²) < 4.78 is 21.2. The van der Waals surface area contributed by atoms with Gasteiger partial charge >= 0.3 is 0 Å². The lowest BCUT2D eigenvalue weighted by Gasteiger charge is -2.32. The number of imidazole rings is 1. The second-order valence-electron chi connectivity index (χ2n) is 10.4. The van der Waals surface area contributed by atoms with Crippen LogP contribution in [0, 0.1) is 11.7 Å². The molecule has 0 saturated carbocycles. The first kappa shape index (κ1) is 26.6. The summed E-state index contributed by atoms with van der Waals surface area (Å²) in [5, 5.41) is 16.7. The maximum absolute atomic E-state index is 13.7. The second kappa shape index (κ2) is 10.6. The number of fused-ring (bicyclic) bond motifs is 2. The van der Waals surface area contributed by atoms with Crippen LogP contribution in [0.4, 0.5) is 10.1 Å². The third kappa shape index (κ3) is 5.43. The van der Waals surface area contributed by atoms with E-state index in [0.29, 0.717) is 49.0 Å². The lowest BCUT2D eigenvalue weighted by molar-refractivity contribution is -0.0204. The number of pyridine rings is 1. The van der Waals surface area contributed by atoms with Gasteiger partial charge in [-0.15, -0.1) is 0 Å². The van der Waals surface area contributed by atoms with Crippen LogP contribution in [-0.4, -0.2) is 63.9 Å². The maximum atomic E-state index is 13.7. The van der Waals surface area contributed by atoms with Crippen LogP contribution in [0.15, 0.2) is 65.3 Å². The molecule has 5 rings (SSSR count). The van der Waals surface area contributed by atoms with Gasteiger partial charge in [-0.1, -0.05) is 6.07 Å². The fraction of sp³-hybridized carbons (Fsp3) is 0.345. The number of amides is 1. The van der Waals surface area contributed by atoms with Crippen molar-refractivity contribution < 1.29 is 19.0 Å². The number of ether oxygens (including phenoxy) is 1. The Balaban J connectivity index is 1.42. The predicted molar refractivity (Wildman–Crippen MR) is 149 cm³/mol. The van der Waals surface area contributed by atoms with Crippen LogP contribution < -0.4 is 10.6 Å². The van der Waals surface area contributed by atoms with Gasteiger partial charge in [-0.25, -0.2) is 14.4 Å². The largest absolute Gasteiger partial charge is 0.390 e. The molecule has 1 amide bonds. The Morgan fingerprint density at radius 1 is 1.36 bits per heavy atom. The third-order valence-corrected chi connectivity index (χ3v) is 7.40. The highest BCUT2D eigenvalue weighted by Gasteiger charge is 2.31. The number of carbonyl (C=O) groups excluding carboxylic acids is 1. The summed E-state index contributed by atoms with van der Waals surface area (Å²) in [6.07, 6.45) is 7.07. The normalized spacial score (nSPS) is 18.6. The van der Waals surface area contributed by atoms with Crippen LogP contribution in [0.3, 0.4) is 0 Å². The molecule has 2 aliphatic rings. The number of carbonyl (C=O) groups is 1. The first-order chi connectivity index (χ1) is 18.7. The minimum Gasteiger partial charge on any atom is -0.390 e. The molecule has 2 aromatic heterocycles. The second-order valence-corrected chi connectivity index (χ2v) is 10.4. The molecule has 0 unspecified atom stereocenters. The molecule has 3 N–H and O–H groups in total. The SMILES string of the molecule is C=N/C(=C\C=C(/C)N1CCOC[C@H](C(C)(C)O)C1)Nc1ccc(-c2cnc3cc(F)ccn23)c2c1C(=O)NC2. The number of nitrogens with zero attached hydrogens (tertiary/aromatic N) is 4. The molecule has 0 bridgehead atoms. The van der Waals surface area contributed by atoms with Gasteiger partial charge in [0.1, 0.15) is 17.3 Å². The molecule has 9 nitrogen and oxygen atoms in total. The topological polar surface area (TPSA) is 103 Å². The van der Waals surface area contributed by atoms with E-state index < -0.39 is 5.60 Å². The molecule has 4 heterocycles. The molecule has 10 heteroatoms. The fourth-order valence-electron chi connectivity index (χ4n) is 4.98. The summed E-state index contributed by atoms with van der Waals surface area (Å²) in [7, 11) is 0. The van der Waals surface area contributed by atoms with Crippen molar-refractivity contribution in [3.05, 3.63) is 77.3 Å². The minimum absolute atomic E-state index is 0.0194. The van der Waals surface area contributed by atoms with E-state index in [9.17, 15) is 14.3 Å². The molecular weight excluding hydrogens is 499 g/mol. The summed E-state index contributed by atoms with van der Waals surface area (Å²) in [5.41, 5.74) is 4.22. The number of halogens is 1. The van der Waals surface area contributed by atoms with Gasteiger partial charge in [-0.05, 0) is 57.3 Å². The lowest BCUT2D eigenvalue weighted by Crippen LogP contribution is -2.40. The van der Waals surface area contributed by atoms with E-state index >= 15 is 0 Å². The highest BCUT2D eigenvalue weighted by atomic mass is 19.1. The zero-order chi connectivity index (χ0) is 27.7. The van der Waals surface area contributed by atoms with Gasteiger partial charge in [0, 0.05) is 49.1 Å². The van der Waals surface area contributed by atoms with Gasteiger partial charge in [0.05, 0.1) is 42.0 Å². The van der Waals surface area contributed by atoms with Gasteiger partial charge in [-0.3, -0.25) is 9.20 Å². The third-order valence-electron chi connectivity index (χ3n) is 7.40. The van der Waals surface area contributed by atoms with Gasteiger partial charge in [0.25, 0.3) is 5.91 Å². The first-order valence-corrected chi connectivity index (χ1v) is 12.9. The van der Waals surface area contributed by atoms with Gasteiger partial charge in [0.2, 0.25) is 0 Å². The summed E-state index contributed by atoms with van der Waals surface area (Å²) in [6.45, 7) is 12.2. The fourth-order valence-corrected chi connectivity index (χ4v) is 4.98. The lowest BCUT2D eigenvalue weighted by atomic mass is 9.91. The maximum Gasteiger partial charge on any atom is 0.254 e. The quantitative estimate of drug-likeness (QED) is 0.314. The Hall–Kier alpha value is -4.02. The van der Waals surface area contributed by atoms with Crippen molar-refractivity contribution in [3.63, 3.8) is 0 Å². The van der Waals surface area contributed by atoms with E-state index in [1.54, 1.807) is 16.8 Å². The molecule has 204 valence electrons. The Kier molecular flexibility index (Phi) is 7.24. The van der Waals surface area contributed by atoms with Crippen LogP contribution in [0.2, 0.25) is 0 Å². The average Bonchev–Trinajstić information content (AvgIpc) is 3.39. The summed E-state index contributed by atoms with van der Waals surface area (Å²) >= 11 is 0. The number of anilines is 1. The summed E-state index contributed by atoms with van der Waals surface area (Å²) in [4.78, 5) is 23.5. The molecule has 0 spiro atoms. The highest BCUT2D eigenvalue weighted by molar-refractivity contribution is 6.05. The van der Waals surface area contributed by atoms with Gasteiger partial charge < -0.3 is 25.4 Å². The van der Waals surface area contributed by atoms with E-state index in [-0.39, 0.29) is 17.6 Å². The van der Waals surface area contributed by atoms with Crippen molar-refractivity contribution in [1.82, 2.24) is 19.6 Å². The van der Waals surface area contributed by atoms with E-state index in [1.165, 1.54) is 12.1 Å². The molecule has 0 radical (unpaired) electrons. The standard InChI is InChI=1S/C29H33FN6O3/c1-18(35-11-12-39-17-19(16-35)29(2,3)38)5-8-25(31-4)34-23-7-6-21(22-14-33-28(37)27(22)23)24-15-32-26-13-20(30)9-10-36(24)26/h5-10,13,15,19,34,38H,4,11-12,14,16-17H2,1-3H3,(H,33,37)/b18-5+,25-8+/t19-/m1/s1. The van der Waals surface area contributed by atoms with Crippen LogP contribution >= 0.6 is 0 Å². The van der Waals surface area contributed by atoms with Crippen molar-refractivity contribution in [2.45, 2.75) is 32.9 Å². The van der Waals surface area contributed by atoms with Crippen molar-refractivity contribution in [2.24, 2.45) is 10.9 Å². The highest BCUT2D eigenvalue weighted by Crippen LogP contribution is 2.35. The smallest absolute Gasteiger partial charge is 0.254 e. The average molecular weight is 533 g/mol. The van der Waals surface area contributed by atoms with E-state index in [1.807, 2.05) is 45.1 Å². The molecule has 0 aliphatic carbocycles. The Labute approximate surface area is 226 Å². The monoisotopic (exact) mass is 532 g/mol. The molecular formula is C29H33FN6O3. The number of aliphatic hydroxyl groups is 1. The molecule has 1 saturated heterocycles.